The highest BCUT2D eigenvalue weighted by molar-refractivity contribution is 5.63. The van der Waals surface area contributed by atoms with Crippen molar-refractivity contribution in [2.75, 3.05) is 31.4 Å². The Balaban J connectivity index is 1.98. The molecule has 0 aromatic carbocycles. The molecule has 0 unspecified atom stereocenters. The first-order valence-corrected chi connectivity index (χ1v) is 7.37. The van der Waals surface area contributed by atoms with Crippen molar-refractivity contribution < 1.29 is 4.74 Å². The van der Waals surface area contributed by atoms with E-state index in [4.69, 9.17) is 4.74 Å². The van der Waals surface area contributed by atoms with E-state index < -0.39 is 0 Å². The van der Waals surface area contributed by atoms with E-state index in [1.54, 1.807) is 36.3 Å². The Morgan fingerprint density at radius 2 is 2.00 bits per heavy atom. The molecule has 8 nitrogen and oxygen atoms in total. The van der Waals surface area contributed by atoms with Gasteiger partial charge in [-0.25, -0.2) is 15.0 Å². The van der Waals surface area contributed by atoms with Crippen LogP contribution in [0.2, 0.25) is 0 Å². The van der Waals surface area contributed by atoms with Gasteiger partial charge in [0.25, 0.3) is 0 Å². The molecule has 0 atom stereocenters. The molecule has 24 heavy (non-hydrogen) atoms. The summed E-state index contributed by atoms with van der Waals surface area (Å²) in [7, 11) is 7.35. The third-order valence-corrected chi connectivity index (χ3v) is 3.36. The minimum atomic E-state index is 0.597. The average molecular weight is 325 g/mol. The van der Waals surface area contributed by atoms with Crippen LogP contribution in [0.5, 0.6) is 5.75 Å². The molecule has 0 saturated carbocycles. The van der Waals surface area contributed by atoms with Gasteiger partial charge in [-0.2, -0.15) is 5.10 Å². The van der Waals surface area contributed by atoms with E-state index in [2.05, 4.69) is 25.4 Å². The lowest BCUT2D eigenvalue weighted by atomic mass is 10.3. The highest BCUT2D eigenvalue weighted by Gasteiger charge is 2.11. The van der Waals surface area contributed by atoms with Gasteiger partial charge in [-0.1, -0.05) is 0 Å². The van der Waals surface area contributed by atoms with Gasteiger partial charge in [0.15, 0.2) is 5.82 Å². The number of anilines is 3. The monoisotopic (exact) mass is 325 g/mol. The Kier molecular flexibility index (Phi) is 4.28. The number of pyridine rings is 1. The molecular weight excluding hydrogens is 306 g/mol. The van der Waals surface area contributed by atoms with E-state index in [1.807, 2.05) is 38.3 Å². The molecule has 124 valence electrons. The van der Waals surface area contributed by atoms with E-state index in [0.29, 0.717) is 17.5 Å². The van der Waals surface area contributed by atoms with Gasteiger partial charge in [-0.3, -0.25) is 4.68 Å². The summed E-state index contributed by atoms with van der Waals surface area (Å²) in [5.41, 5.74) is 0.850. The average Bonchev–Trinajstić information content (AvgIpc) is 3.01. The Morgan fingerprint density at radius 1 is 1.17 bits per heavy atom. The van der Waals surface area contributed by atoms with Gasteiger partial charge in [0.2, 0.25) is 0 Å². The second-order valence-electron chi connectivity index (χ2n) is 5.44. The summed E-state index contributed by atoms with van der Waals surface area (Å²) in [4.78, 5) is 15.3. The largest absolute Gasteiger partial charge is 0.497 e. The van der Waals surface area contributed by atoms with Gasteiger partial charge in [0, 0.05) is 45.7 Å². The van der Waals surface area contributed by atoms with Crippen molar-refractivity contribution in [1.82, 2.24) is 24.7 Å². The molecule has 0 aliphatic carbocycles. The first-order chi connectivity index (χ1) is 11.5. The summed E-state index contributed by atoms with van der Waals surface area (Å²) in [6.07, 6.45) is 5.29. The smallest absolute Gasteiger partial charge is 0.167 e. The predicted octanol–water partition coefficient (Wildman–Crippen LogP) is 2.09. The summed E-state index contributed by atoms with van der Waals surface area (Å²) in [6.45, 7) is 0. The lowest BCUT2D eigenvalue weighted by Crippen LogP contribution is -2.12. The summed E-state index contributed by atoms with van der Waals surface area (Å²) in [6, 6.07) is 5.46. The number of aryl methyl sites for hydroxylation is 1. The van der Waals surface area contributed by atoms with Gasteiger partial charge >= 0.3 is 0 Å². The molecule has 0 bridgehead atoms. The Bertz CT molecular complexity index is 844. The van der Waals surface area contributed by atoms with Gasteiger partial charge in [-0.05, 0) is 6.07 Å². The van der Waals surface area contributed by atoms with E-state index in [-0.39, 0.29) is 0 Å². The quantitative estimate of drug-likeness (QED) is 0.769. The molecular formula is C16H19N7O. The molecule has 0 radical (unpaired) electrons. The zero-order valence-corrected chi connectivity index (χ0v) is 14.1. The molecule has 0 aliphatic rings. The fourth-order valence-electron chi connectivity index (χ4n) is 2.13. The van der Waals surface area contributed by atoms with Crippen LogP contribution in [0, 0.1) is 0 Å². The van der Waals surface area contributed by atoms with E-state index in [1.165, 1.54) is 0 Å². The third kappa shape index (κ3) is 3.43. The summed E-state index contributed by atoms with van der Waals surface area (Å²) >= 11 is 0. The van der Waals surface area contributed by atoms with E-state index in [0.717, 1.165) is 17.1 Å². The first-order valence-electron chi connectivity index (χ1n) is 7.37. The van der Waals surface area contributed by atoms with E-state index in [9.17, 15) is 0 Å². The number of nitrogens with zero attached hydrogens (tertiary/aromatic N) is 6. The van der Waals surface area contributed by atoms with Crippen molar-refractivity contribution in [3.05, 3.63) is 36.8 Å². The fraction of sp³-hybridized carbons (Fsp3) is 0.250. The number of rotatable bonds is 5. The third-order valence-electron chi connectivity index (χ3n) is 3.36. The lowest BCUT2D eigenvalue weighted by molar-refractivity contribution is 0.414. The maximum Gasteiger partial charge on any atom is 0.167 e. The molecule has 3 aromatic rings. The van der Waals surface area contributed by atoms with Crippen LogP contribution in [0.3, 0.4) is 0 Å². The molecule has 0 spiro atoms. The number of aromatic nitrogens is 5. The van der Waals surface area contributed by atoms with Crippen LogP contribution in [0.1, 0.15) is 0 Å². The maximum atomic E-state index is 5.22. The van der Waals surface area contributed by atoms with Crippen LogP contribution in [-0.4, -0.2) is 45.9 Å². The van der Waals surface area contributed by atoms with Crippen LogP contribution < -0.4 is 15.0 Å². The molecule has 0 amide bonds. The summed E-state index contributed by atoms with van der Waals surface area (Å²) in [5.74, 6) is 3.40. The topological polar surface area (TPSA) is 81.0 Å². The zero-order chi connectivity index (χ0) is 17.1. The van der Waals surface area contributed by atoms with Crippen molar-refractivity contribution in [2.24, 2.45) is 7.05 Å². The number of nitrogens with one attached hydrogen (secondary N) is 1. The van der Waals surface area contributed by atoms with Crippen LogP contribution in [-0.2, 0) is 7.05 Å². The summed E-state index contributed by atoms with van der Waals surface area (Å²) < 4.78 is 6.94. The van der Waals surface area contributed by atoms with Gasteiger partial charge in [0.1, 0.15) is 23.2 Å². The van der Waals surface area contributed by atoms with Crippen LogP contribution >= 0.6 is 0 Å². The van der Waals surface area contributed by atoms with Crippen molar-refractivity contribution in [1.29, 1.82) is 0 Å². The number of hydrogen-bond acceptors (Lipinski definition) is 7. The van der Waals surface area contributed by atoms with Gasteiger partial charge in [0.05, 0.1) is 18.9 Å². The molecule has 8 heteroatoms. The molecule has 3 heterocycles. The maximum absolute atomic E-state index is 5.22. The molecule has 3 aromatic heterocycles. The van der Waals surface area contributed by atoms with E-state index >= 15 is 0 Å². The SMILES string of the molecule is COc1ccnc(Nc2cc(N(C)C)nc(-c3cnn(C)c3)n2)c1. The molecule has 3 rings (SSSR count). The van der Waals surface area contributed by atoms with Crippen LogP contribution in [0.15, 0.2) is 36.8 Å². The van der Waals surface area contributed by atoms with Crippen LogP contribution in [0.25, 0.3) is 11.4 Å². The highest BCUT2D eigenvalue weighted by atomic mass is 16.5. The Morgan fingerprint density at radius 3 is 2.67 bits per heavy atom. The van der Waals surface area contributed by atoms with Gasteiger partial charge < -0.3 is 15.0 Å². The fourth-order valence-corrected chi connectivity index (χ4v) is 2.13. The second kappa shape index (κ2) is 6.53. The summed E-state index contributed by atoms with van der Waals surface area (Å²) in [5, 5.41) is 7.37. The number of ether oxygens (including phenoxy) is 1. The zero-order valence-electron chi connectivity index (χ0n) is 14.1. The van der Waals surface area contributed by atoms with Crippen molar-refractivity contribution >= 4 is 17.5 Å². The Labute approximate surface area is 140 Å². The second-order valence-corrected chi connectivity index (χ2v) is 5.44. The number of hydrogen-bond donors (Lipinski definition) is 1. The lowest BCUT2D eigenvalue weighted by Gasteiger charge is -2.14. The standard InChI is InChI=1S/C16H19N7O/c1-22(2)15-8-14(19-13-7-12(24-4)5-6-17-13)20-16(21-15)11-9-18-23(3)10-11/h5-10H,1-4H3,(H,17,19,20,21). The van der Waals surface area contributed by atoms with Crippen molar-refractivity contribution in [2.45, 2.75) is 0 Å². The van der Waals surface area contributed by atoms with Crippen molar-refractivity contribution in [3.63, 3.8) is 0 Å². The molecule has 0 aliphatic heterocycles. The molecule has 1 N–H and O–H groups in total. The predicted molar refractivity (Wildman–Crippen MR) is 92.6 cm³/mol. The minimum Gasteiger partial charge on any atom is -0.497 e. The first kappa shape index (κ1) is 15.7. The van der Waals surface area contributed by atoms with Crippen molar-refractivity contribution in [3.8, 4) is 17.1 Å². The van der Waals surface area contributed by atoms with Crippen LogP contribution in [0.4, 0.5) is 17.5 Å². The molecule has 0 fully saturated rings. The molecule has 0 saturated heterocycles. The minimum absolute atomic E-state index is 0.597. The number of methoxy groups -OCH3 is 1. The normalized spacial score (nSPS) is 10.5. The van der Waals surface area contributed by atoms with Gasteiger partial charge in [-0.15, -0.1) is 0 Å². The highest BCUT2D eigenvalue weighted by Crippen LogP contribution is 2.24. The Hall–Kier alpha value is -3.16.